The van der Waals surface area contributed by atoms with E-state index in [2.05, 4.69) is 44.0 Å². The summed E-state index contributed by atoms with van der Waals surface area (Å²) in [5.74, 6) is 0.498. The smallest absolute Gasteiger partial charge is 0.196 e. The van der Waals surface area contributed by atoms with Crippen molar-refractivity contribution >= 4 is 43.4 Å². The van der Waals surface area contributed by atoms with Gasteiger partial charge in [0.25, 0.3) is 0 Å². The van der Waals surface area contributed by atoms with Gasteiger partial charge >= 0.3 is 0 Å². The van der Waals surface area contributed by atoms with Crippen LogP contribution in [0.1, 0.15) is 6.42 Å². The standard InChI is InChI=1S/C10H8Br2O2/c11-10(12)8(13)6-4-1-2-5(3-4)7(6)9(10)14/h1-2,4-7H,3H2/t4-,5+,6-,7-/m1/s1. The van der Waals surface area contributed by atoms with Gasteiger partial charge < -0.3 is 0 Å². The van der Waals surface area contributed by atoms with Crippen LogP contribution < -0.4 is 0 Å². The lowest BCUT2D eigenvalue weighted by atomic mass is 9.85. The maximum atomic E-state index is 12.0. The summed E-state index contributed by atoms with van der Waals surface area (Å²) in [7, 11) is 0. The van der Waals surface area contributed by atoms with E-state index in [-0.39, 0.29) is 23.4 Å². The van der Waals surface area contributed by atoms with Gasteiger partial charge in [0.05, 0.1) is 0 Å². The molecule has 0 aromatic heterocycles. The lowest BCUT2D eigenvalue weighted by Gasteiger charge is -2.16. The summed E-state index contributed by atoms with van der Waals surface area (Å²) in [5.41, 5.74) is 0. The second-order valence-electron chi connectivity index (χ2n) is 4.30. The molecule has 3 aliphatic rings. The molecule has 2 bridgehead atoms. The van der Waals surface area contributed by atoms with E-state index in [0.29, 0.717) is 11.8 Å². The zero-order valence-electron chi connectivity index (χ0n) is 7.24. The molecule has 4 heteroatoms. The van der Waals surface area contributed by atoms with E-state index in [4.69, 9.17) is 0 Å². The molecule has 2 saturated carbocycles. The minimum Gasteiger partial charge on any atom is -0.296 e. The lowest BCUT2D eigenvalue weighted by molar-refractivity contribution is -0.123. The van der Waals surface area contributed by atoms with Gasteiger partial charge in [-0.15, -0.1) is 0 Å². The highest BCUT2D eigenvalue weighted by molar-refractivity contribution is 9.26. The number of carbonyl (C=O) groups excluding carboxylic acids is 2. The topological polar surface area (TPSA) is 34.1 Å². The Morgan fingerprint density at radius 2 is 1.50 bits per heavy atom. The highest BCUT2D eigenvalue weighted by Gasteiger charge is 2.65. The summed E-state index contributed by atoms with van der Waals surface area (Å²) in [6.07, 6.45) is 5.18. The minimum absolute atomic E-state index is 0.0179. The van der Waals surface area contributed by atoms with E-state index < -0.39 is 3.23 Å². The second kappa shape index (κ2) is 2.59. The van der Waals surface area contributed by atoms with Gasteiger partial charge in [0.2, 0.25) is 0 Å². The number of allylic oxidation sites excluding steroid dienone is 2. The van der Waals surface area contributed by atoms with Gasteiger partial charge in [-0.3, -0.25) is 9.59 Å². The fourth-order valence-corrected chi connectivity index (χ4v) is 4.13. The van der Waals surface area contributed by atoms with Crippen molar-refractivity contribution in [2.75, 3.05) is 0 Å². The quantitative estimate of drug-likeness (QED) is 0.389. The van der Waals surface area contributed by atoms with Crippen molar-refractivity contribution in [3.8, 4) is 0 Å². The number of halogens is 2. The van der Waals surface area contributed by atoms with Gasteiger partial charge in [-0.1, -0.05) is 44.0 Å². The van der Waals surface area contributed by atoms with Crippen molar-refractivity contribution in [3.05, 3.63) is 12.2 Å². The van der Waals surface area contributed by atoms with Crippen LogP contribution in [0.2, 0.25) is 0 Å². The predicted octanol–water partition coefficient (Wildman–Crippen LogP) is 2.06. The molecule has 0 aromatic carbocycles. The number of hydrogen-bond donors (Lipinski definition) is 0. The van der Waals surface area contributed by atoms with Crippen molar-refractivity contribution in [2.24, 2.45) is 23.7 Å². The Kier molecular flexibility index (Phi) is 1.71. The van der Waals surface area contributed by atoms with Crippen LogP contribution in [0.3, 0.4) is 0 Å². The maximum absolute atomic E-state index is 12.0. The number of ketones is 2. The van der Waals surface area contributed by atoms with Crippen LogP contribution in [0.15, 0.2) is 12.2 Å². The number of rotatable bonds is 0. The molecule has 0 heterocycles. The fraction of sp³-hybridized carbons (Fsp3) is 0.600. The van der Waals surface area contributed by atoms with E-state index in [9.17, 15) is 9.59 Å². The molecule has 4 atom stereocenters. The van der Waals surface area contributed by atoms with Crippen LogP contribution in [0.25, 0.3) is 0 Å². The van der Waals surface area contributed by atoms with Crippen LogP contribution in [-0.2, 0) is 9.59 Å². The summed E-state index contributed by atoms with van der Waals surface area (Å²) in [6, 6.07) is 0. The Hall–Kier alpha value is 0.0400. The highest BCUT2D eigenvalue weighted by atomic mass is 79.9. The molecule has 0 saturated heterocycles. The minimum atomic E-state index is -1.09. The third kappa shape index (κ3) is 0.871. The number of hydrogen-bond acceptors (Lipinski definition) is 2. The average molecular weight is 320 g/mol. The Balaban J connectivity index is 2.11. The van der Waals surface area contributed by atoms with Gasteiger partial charge in [-0.2, -0.15) is 0 Å². The molecule has 0 radical (unpaired) electrons. The average Bonchev–Trinajstić information content (AvgIpc) is 2.76. The van der Waals surface area contributed by atoms with Gasteiger partial charge in [0.1, 0.15) is 0 Å². The first-order valence-corrected chi connectivity index (χ1v) is 6.27. The Labute approximate surface area is 98.4 Å². The summed E-state index contributed by atoms with van der Waals surface area (Å²) in [5, 5.41) is 0. The highest BCUT2D eigenvalue weighted by Crippen LogP contribution is 2.58. The van der Waals surface area contributed by atoms with Crippen molar-refractivity contribution < 1.29 is 9.59 Å². The summed E-state index contributed by atoms with van der Waals surface area (Å²) >= 11 is 6.40. The maximum Gasteiger partial charge on any atom is 0.196 e. The van der Waals surface area contributed by atoms with E-state index in [1.807, 2.05) is 0 Å². The largest absolute Gasteiger partial charge is 0.296 e. The van der Waals surface area contributed by atoms with Gasteiger partial charge in [-0.25, -0.2) is 0 Å². The van der Waals surface area contributed by atoms with Crippen molar-refractivity contribution in [3.63, 3.8) is 0 Å². The molecule has 3 rings (SSSR count). The number of carbonyl (C=O) groups is 2. The second-order valence-corrected chi connectivity index (χ2v) is 7.75. The van der Waals surface area contributed by atoms with E-state index in [1.165, 1.54) is 0 Å². The third-order valence-electron chi connectivity index (χ3n) is 3.68. The number of Topliss-reactive ketones (excluding diaryl/α,β-unsaturated/α-hetero) is 2. The zero-order valence-corrected chi connectivity index (χ0v) is 10.4. The van der Waals surface area contributed by atoms with Crippen LogP contribution in [-0.4, -0.2) is 14.8 Å². The molecule has 0 unspecified atom stereocenters. The Morgan fingerprint density at radius 1 is 1.07 bits per heavy atom. The van der Waals surface area contributed by atoms with Crippen molar-refractivity contribution in [2.45, 2.75) is 9.65 Å². The van der Waals surface area contributed by atoms with Crippen molar-refractivity contribution in [1.82, 2.24) is 0 Å². The molecule has 0 aliphatic heterocycles. The molecule has 2 nitrogen and oxygen atoms in total. The van der Waals surface area contributed by atoms with Crippen LogP contribution in [0.5, 0.6) is 0 Å². The molecule has 0 amide bonds. The fourth-order valence-electron chi connectivity index (χ4n) is 3.08. The SMILES string of the molecule is O=C1[C@H]2[C@H](C(=O)C1(Br)Br)[C@H]1C=C[C@@H]2C1. The number of alkyl halides is 2. The first kappa shape index (κ1) is 9.28. The third-order valence-corrected chi connectivity index (χ3v) is 5.25. The molecule has 3 aliphatic carbocycles. The van der Waals surface area contributed by atoms with Gasteiger partial charge in [0.15, 0.2) is 14.8 Å². The van der Waals surface area contributed by atoms with Crippen LogP contribution in [0.4, 0.5) is 0 Å². The van der Waals surface area contributed by atoms with Crippen molar-refractivity contribution in [1.29, 1.82) is 0 Å². The number of fused-ring (bicyclic) bond motifs is 5. The molecular weight excluding hydrogens is 312 g/mol. The summed E-state index contributed by atoms with van der Waals surface area (Å²) in [6.45, 7) is 0. The molecule has 74 valence electrons. The molecule has 2 fully saturated rings. The van der Waals surface area contributed by atoms with Crippen LogP contribution in [0, 0.1) is 23.7 Å². The predicted molar refractivity (Wildman–Crippen MR) is 58.3 cm³/mol. The monoisotopic (exact) mass is 318 g/mol. The molecule has 0 aromatic rings. The van der Waals surface area contributed by atoms with E-state index >= 15 is 0 Å². The van der Waals surface area contributed by atoms with E-state index in [0.717, 1.165) is 6.42 Å². The molecule has 0 spiro atoms. The zero-order chi connectivity index (χ0) is 10.1. The Morgan fingerprint density at radius 3 is 1.93 bits per heavy atom. The Bertz CT molecular complexity index is 340. The normalized spacial score (nSPS) is 47.6. The summed E-state index contributed by atoms with van der Waals surface area (Å²) < 4.78 is -1.09. The molecular formula is C10H8Br2O2. The molecule has 14 heavy (non-hydrogen) atoms. The van der Waals surface area contributed by atoms with Gasteiger partial charge in [0, 0.05) is 11.8 Å². The molecule has 0 N–H and O–H groups in total. The lowest BCUT2D eigenvalue weighted by Crippen LogP contribution is -2.30. The summed E-state index contributed by atoms with van der Waals surface area (Å²) in [4.78, 5) is 23.9. The van der Waals surface area contributed by atoms with E-state index in [1.54, 1.807) is 0 Å². The first-order valence-electron chi connectivity index (χ1n) is 4.68. The van der Waals surface area contributed by atoms with Gasteiger partial charge in [-0.05, 0) is 18.3 Å². The van der Waals surface area contributed by atoms with Crippen LogP contribution >= 0.6 is 31.9 Å². The first-order chi connectivity index (χ1) is 6.53.